The van der Waals surface area contributed by atoms with Gasteiger partial charge in [-0.05, 0) is 25.1 Å². The van der Waals surface area contributed by atoms with Crippen LogP contribution in [0.1, 0.15) is 21.1 Å². The summed E-state index contributed by atoms with van der Waals surface area (Å²) in [4.78, 5) is 16.0. The number of anilines is 2. The van der Waals surface area contributed by atoms with Crippen LogP contribution in [0.15, 0.2) is 23.6 Å². The van der Waals surface area contributed by atoms with Crippen LogP contribution in [0.3, 0.4) is 0 Å². The van der Waals surface area contributed by atoms with Crippen molar-refractivity contribution in [1.29, 1.82) is 0 Å². The molecule has 0 bridgehead atoms. The number of thiazole rings is 1. The molecular weight excluding hydrogens is 250 g/mol. The summed E-state index contributed by atoms with van der Waals surface area (Å²) >= 11 is 1.46. The maximum atomic E-state index is 11.8. The van der Waals surface area contributed by atoms with Crippen LogP contribution in [0.4, 0.5) is 11.4 Å². The lowest BCUT2D eigenvalue weighted by atomic mass is 10.2. The number of aromatic nitrogens is 1. The van der Waals surface area contributed by atoms with E-state index in [0.717, 1.165) is 10.7 Å². The summed E-state index contributed by atoms with van der Waals surface area (Å²) in [5, 5.41) is 2.67. The maximum Gasteiger partial charge on any atom is 0.338 e. The fourth-order valence-corrected chi connectivity index (χ4v) is 2.16. The molecule has 1 aromatic heterocycles. The van der Waals surface area contributed by atoms with Gasteiger partial charge in [0.1, 0.15) is 11.6 Å². The van der Waals surface area contributed by atoms with E-state index in [1.807, 2.05) is 12.3 Å². The normalized spacial score (nSPS) is 10.3. The molecule has 0 radical (unpaired) electrons. The third-order valence-electron chi connectivity index (χ3n) is 2.21. The second-order valence-corrected chi connectivity index (χ2v) is 4.79. The van der Waals surface area contributed by atoms with Crippen molar-refractivity contribution < 1.29 is 9.53 Å². The number of hydrogen-bond donors (Lipinski definition) is 2. The molecule has 6 heteroatoms. The van der Waals surface area contributed by atoms with Crippen molar-refractivity contribution in [1.82, 2.24) is 4.98 Å². The molecule has 4 N–H and O–H groups in total. The topological polar surface area (TPSA) is 91.2 Å². The summed E-state index contributed by atoms with van der Waals surface area (Å²) in [5.74, 6) is -0.457. The molecule has 1 heterocycles. The molecule has 94 valence electrons. The highest BCUT2D eigenvalue weighted by Crippen LogP contribution is 2.16. The maximum absolute atomic E-state index is 11.8. The van der Waals surface area contributed by atoms with E-state index in [4.69, 9.17) is 16.2 Å². The molecule has 0 fully saturated rings. The molecule has 18 heavy (non-hydrogen) atoms. The van der Waals surface area contributed by atoms with Crippen LogP contribution in [0.2, 0.25) is 0 Å². The fraction of sp³-hybridized carbons (Fsp3) is 0.167. The summed E-state index contributed by atoms with van der Waals surface area (Å²) < 4.78 is 5.14. The number of ether oxygens (including phenoxy) is 1. The molecule has 0 saturated carbocycles. The smallest absolute Gasteiger partial charge is 0.338 e. The van der Waals surface area contributed by atoms with Crippen LogP contribution >= 0.6 is 11.3 Å². The van der Waals surface area contributed by atoms with E-state index in [-0.39, 0.29) is 6.61 Å². The van der Waals surface area contributed by atoms with Crippen LogP contribution in [-0.4, -0.2) is 11.0 Å². The van der Waals surface area contributed by atoms with Gasteiger partial charge in [-0.1, -0.05) is 0 Å². The van der Waals surface area contributed by atoms with Gasteiger partial charge in [0.05, 0.1) is 5.56 Å². The number of benzene rings is 1. The Kier molecular flexibility index (Phi) is 3.47. The number of nitrogen functional groups attached to an aromatic ring is 2. The number of carbonyl (C=O) groups excluding carboxylic acids is 1. The van der Waals surface area contributed by atoms with E-state index in [1.54, 1.807) is 6.07 Å². The second-order valence-electron chi connectivity index (χ2n) is 3.85. The first-order chi connectivity index (χ1) is 8.54. The summed E-state index contributed by atoms with van der Waals surface area (Å²) in [6.45, 7) is 2.05. The molecule has 0 spiro atoms. The number of carbonyl (C=O) groups is 1. The van der Waals surface area contributed by atoms with Crippen molar-refractivity contribution in [3.05, 3.63) is 39.8 Å². The molecule has 0 atom stereocenters. The summed E-state index contributed by atoms with van der Waals surface area (Å²) in [7, 11) is 0. The summed E-state index contributed by atoms with van der Waals surface area (Å²) in [6, 6.07) is 4.65. The third-order valence-corrected chi connectivity index (χ3v) is 3.15. The Morgan fingerprint density at radius 2 is 2.00 bits per heavy atom. The van der Waals surface area contributed by atoms with Crippen molar-refractivity contribution in [2.45, 2.75) is 13.5 Å². The number of nitrogens with zero attached hydrogens (tertiary/aromatic N) is 1. The van der Waals surface area contributed by atoms with Crippen LogP contribution < -0.4 is 11.5 Å². The quantitative estimate of drug-likeness (QED) is 0.652. The lowest BCUT2D eigenvalue weighted by molar-refractivity contribution is 0.0472. The van der Waals surface area contributed by atoms with Crippen LogP contribution in [0.25, 0.3) is 0 Å². The first-order valence-corrected chi connectivity index (χ1v) is 6.17. The van der Waals surface area contributed by atoms with Gasteiger partial charge in [0, 0.05) is 22.4 Å². The van der Waals surface area contributed by atoms with Gasteiger partial charge >= 0.3 is 5.97 Å². The standard InChI is InChI=1S/C12H13N3O2S/c1-7-6-18-11(15-7)5-17-12(16)8-2-9(13)4-10(14)3-8/h2-4,6H,5,13-14H2,1H3. The van der Waals surface area contributed by atoms with Gasteiger partial charge < -0.3 is 16.2 Å². The Hall–Kier alpha value is -2.08. The van der Waals surface area contributed by atoms with Crippen molar-refractivity contribution in [2.75, 3.05) is 11.5 Å². The molecule has 0 aliphatic heterocycles. The Bertz CT molecular complexity index is 560. The van der Waals surface area contributed by atoms with E-state index in [2.05, 4.69) is 4.98 Å². The van der Waals surface area contributed by atoms with E-state index < -0.39 is 5.97 Å². The van der Waals surface area contributed by atoms with Gasteiger partial charge in [-0.25, -0.2) is 9.78 Å². The van der Waals surface area contributed by atoms with Crippen molar-refractivity contribution in [2.24, 2.45) is 0 Å². The molecule has 2 aromatic rings. The Balaban J connectivity index is 2.03. The third kappa shape index (κ3) is 2.98. The van der Waals surface area contributed by atoms with Crippen LogP contribution in [-0.2, 0) is 11.3 Å². The molecule has 0 aliphatic rings. The molecular formula is C12H13N3O2S. The Morgan fingerprint density at radius 3 is 2.56 bits per heavy atom. The average molecular weight is 263 g/mol. The van der Waals surface area contributed by atoms with Gasteiger partial charge in [-0.15, -0.1) is 11.3 Å². The molecule has 0 aliphatic carbocycles. The first kappa shape index (κ1) is 12.4. The number of rotatable bonds is 3. The van der Waals surface area contributed by atoms with Gasteiger partial charge in [-0.2, -0.15) is 0 Å². The number of hydrogen-bond acceptors (Lipinski definition) is 6. The highest BCUT2D eigenvalue weighted by Gasteiger charge is 2.10. The molecule has 2 rings (SSSR count). The van der Waals surface area contributed by atoms with E-state index in [0.29, 0.717) is 16.9 Å². The van der Waals surface area contributed by atoms with Gasteiger partial charge in [0.15, 0.2) is 0 Å². The lowest BCUT2D eigenvalue weighted by Gasteiger charge is -2.05. The van der Waals surface area contributed by atoms with E-state index >= 15 is 0 Å². The minimum atomic E-state index is -0.457. The zero-order valence-corrected chi connectivity index (χ0v) is 10.7. The minimum absolute atomic E-state index is 0.159. The molecule has 0 saturated heterocycles. The zero-order valence-electron chi connectivity index (χ0n) is 9.84. The number of nitrogens with two attached hydrogens (primary N) is 2. The minimum Gasteiger partial charge on any atom is -0.455 e. The van der Waals surface area contributed by atoms with Crippen LogP contribution in [0.5, 0.6) is 0 Å². The van der Waals surface area contributed by atoms with Crippen molar-refractivity contribution >= 4 is 28.7 Å². The van der Waals surface area contributed by atoms with Crippen molar-refractivity contribution in [3.8, 4) is 0 Å². The largest absolute Gasteiger partial charge is 0.455 e. The van der Waals surface area contributed by atoms with E-state index in [9.17, 15) is 4.79 Å². The predicted octanol–water partition coefficient (Wildman–Crippen LogP) is 1.97. The average Bonchev–Trinajstić information content (AvgIpc) is 2.70. The molecule has 5 nitrogen and oxygen atoms in total. The Labute approximate surface area is 108 Å². The lowest BCUT2D eigenvalue weighted by Crippen LogP contribution is -2.06. The molecule has 0 amide bonds. The monoisotopic (exact) mass is 263 g/mol. The van der Waals surface area contributed by atoms with Gasteiger partial charge in [-0.3, -0.25) is 0 Å². The van der Waals surface area contributed by atoms with Gasteiger partial charge in [0.2, 0.25) is 0 Å². The number of esters is 1. The zero-order chi connectivity index (χ0) is 13.1. The first-order valence-electron chi connectivity index (χ1n) is 5.29. The highest BCUT2D eigenvalue weighted by atomic mass is 32.1. The highest BCUT2D eigenvalue weighted by molar-refractivity contribution is 7.09. The van der Waals surface area contributed by atoms with E-state index in [1.165, 1.54) is 23.5 Å². The number of aryl methyl sites for hydroxylation is 1. The SMILES string of the molecule is Cc1csc(COC(=O)c2cc(N)cc(N)c2)n1. The van der Waals surface area contributed by atoms with Gasteiger partial charge in [0.25, 0.3) is 0 Å². The predicted molar refractivity (Wildman–Crippen MR) is 71.2 cm³/mol. The van der Waals surface area contributed by atoms with Crippen molar-refractivity contribution in [3.63, 3.8) is 0 Å². The second kappa shape index (κ2) is 5.05. The summed E-state index contributed by atoms with van der Waals surface area (Å²) in [6.07, 6.45) is 0. The molecule has 1 aromatic carbocycles. The summed E-state index contributed by atoms with van der Waals surface area (Å²) in [5.41, 5.74) is 13.4. The molecule has 0 unspecified atom stereocenters. The van der Waals surface area contributed by atoms with Crippen LogP contribution in [0, 0.1) is 6.92 Å². The Morgan fingerprint density at radius 1 is 1.33 bits per heavy atom. The fourth-order valence-electron chi connectivity index (χ4n) is 1.47.